The lowest BCUT2D eigenvalue weighted by Gasteiger charge is -2.18. The maximum absolute atomic E-state index is 12.6. The van der Waals surface area contributed by atoms with E-state index in [0.717, 1.165) is 12.8 Å². The molecule has 0 saturated carbocycles. The molecule has 6 nitrogen and oxygen atoms in total. The predicted octanol–water partition coefficient (Wildman–Crippen LogP) is 2.81. The van der Waals surface area contributed by atoms with Crippen LogP contribution in [0.5, 0.6) is 11.5 Å². The van der Waals surface area contributed by atoms with E-state index in [9.17, 15) is 9.59 Å². The highest BCUT2D eigenvalue weighted by Gasteiger charge is 2.31. The smallest absolute Gasteiger partial charge is 0.308 e. The van der Waals surface area contributed by atoms with Gasteiger partial charge in [0, 0.05) is 18.7 Å². The van der Waals surface area contributed by atoms with Crippen molar-refractivity contribution >= 4 is 11.9 Å². The summed E-state index contributed by atoms with van der Waals surface area (Å²) >= 11 is 0. The molecular weight excluding hydrogens is 310 g/mol. The van der Waals surface area contributed by atoms with Gasteiger partial charge in [0.05, 0.1) is 19.1 Å². The zero-order chi connectivity index (χ0) is 17.5. The van der Waals surface area contributed by atoms with Gasteiger partial charge in [0.1, 0.15) is 0 Å². The molecule has 6 heteroatoms. The number of aliphatic carboxylic acids is 1. The summed E-state index contributed by atoms with van der Waals surface area (Å²) in [5.74, 6) is -0.295. The summed E-state index contributed by atoms with van der Waals surface area (Å²) in [6.45, 7) is 5.89. The van der Waals surface area contributed by atoms with E-state index < -0.39 is 11.9 Å². The molecular formula is C18H25NO5. The number of nitrogens with zero attached hydrogens (tertiary/aromatic N) is 1. The first-order valence-electron chi connectivity index (χ1n) is 8.48. The van der Waals surface area contributed by atoms with Crippen LogP contribution in [0, 0.1) is 5.92 Å². The second-order valence-corrected chi connectivity index (χ2v) is 5.93. The maximum atomic E-state index is 12.6. The molecule has 1 amide bonds. The highest BCUT2D eigenvalue weighted by atomic mass is 16.5. The van der Waals surface area contributed by atoms with Crippen LogP contribution in [0.25, 0.3) is 0 Å². The lowest BCUT2D eigenvalue weighted by molar-refractivity contribution is -0.141. The summed E-state index contributed by atoms with van der Waals surface area (Å²) in [7, 11) is 0. The van der Waals surface area contributed by atoms with Crippen molar-refractivity contribution in [3.05, 3.63) is 23.8 Å². The Labute approximate surface area is 142 Å². The second kappa shape index (κ2) is 8.57. The van der Waals surface area contributed by atoms with Gasteiger partial charge in [0.15, 0.2) is 11.5 Å². The quantitative estimate of drug-likeness (QED) is 0.790. The molecule has 1 fully saturated rings. The summed E-state index contributed by atoms with van der Waals surface area (Å²) in [5, 5.41) is 9.07. The number of carboxylic acids is 1. The minimum atomic E-state index is -0.847. The molecule has 0 aliphatic carbocycles. The number of carboxylic acid groups (broad SMARTS) is 1. The van der Waals surface area contributed by atoms with Crippen LogP contribution in [0.4, 0.5) is 0 Å². The van der Waals surface area contributed by atoms with Crippen molar-refractivity contribution in [3.8, 4) is 11.5 Å². The van der Waals surface area contributed by atoms with Crippen LogP contribution in [0.3, 0.4) is 0 Å². The van der Waals surface area contributed by atoms with Gasteiger partial charge < -0.3 is 19.5 Å². The highest BCUT2D eigenvalue weighted by Crippen LogP contribution is 2.30. The molecule has 2 rings (SSSR count). The van der Waals surface area contributed by atoms with Gasteiger partial charge in [-0.3, -0.25) is 9.59 Å². The van der Waals surface area contributed by atoms with E-state index in [2.05, 4.69) is 0 Å². The van der Waals surface area contributed by atoms with Gasteiger partial charge >= 0.3 is 5.97 Å². The van der Waals surface area contributed by atoms with E-state index in [1.54, 1.807) is 23.1 Å². The fraction of sp³-hybridized carbons (Fsp3) is 0.556. The summed E-state index contributed by atoms with van der Waals surface area (Å²) in [6, 6.07) is 5.15. The molecule has 1 unspecified atom stereocenters. The summed E-state index contributed by atoms with van der Waals surface area (Å²) in [6.07, 6.45) is 2.24. The van der Waals surface area contributed by atoms with Crippen LogP contribution in [0.1, 0.15) is 43.5 Å². The first-order chi connectivity index (χ1) is 11.6. The van der Waals surface area contributed by atoms with E-state index in [0.29, 0.717) is 43.2 Å². The Morgan fingerprint density at radius 3 is 2.42 bits per heavy atom. The third-order valence-corrected chi connectivity index (χ3v) is 3.94. The molecule has 1 aromatic carbocycles. The van der Waals surface area contributed by atoms with Crippen LogP contribution in [0.2, 0.25) is 0 Å². The van der Waals surface area contributed by atoms with Crippen molar-refractivity contribution in [2.75, 3.05) is 26.3 Å². The van der Waals surface area contributed by atoms with E-state index in [1.807, 2.05) is 13.8 Å². The number of hydrogen-bond acceptors (Lipinski definition) is 4. The number of carbonyl (C=O) groups is 2. The number of benzene rings is 1. The predicted molar refractivity (Wildman–Crippen MR) is 89.7 cm³/mol. The maximum Gasteiger partial charge on any atom is 0.308 e. The van der Waals surface area contributed by atoms with Gasteiger partial charge in [0.2, 0.25) is 0 Å². The van der Waals surface area contributed by atoms with Gasteiger partial charge in [-0.2, -0.15) is 0 Å². The average Bonchev–Trinajstić information content (AvgIpc) is 3.08. The summed E-state index contributed by atoms with van der Waals surface area (Å²) in [4.78, 5) is 25.2. The van der Waals surface area contributed by atoms with Crippen molar-refractivity contribution in [2.45, 2.75) is 33.1 Å². The molecule has 0 bridgehead atoms. The third kappa shape index (κ3) is 4.40. The van der Waals surface area contributed by atoms with Crippen molar-refractivity contribution in [3.63, 3.8) is 0 Å². The molecule has 132 valence electrons. The van der Waals surface area contributed by atoms with Crippen molar-refractivity contribution in [2.24, 2.45) is 5.92 Å². The van der Waals surface area contributed by atoms with E-state index in [1.165, 1.54) is 0 Å². The van der Waals surface area contributed by atoms with E-state index in [-0.39, 0.29) is 12.5 Å². The third-order valence-electron chi connectivity index (χ3n) is 3.94. The van der Waals surface area contributed by atoms with Crippen LogP contribution < -0.4 is 9.47 Å². The summed E-state index contributed by atoms with van der Waals surface area (Å²) < 4.78 is 11.4. The second-order valence-electron chi connectivity index (χ2n) is 5.93. The number of rotatable bonds is 8. The molecule has 1 heterocycles. The van der Waals surface area contributed by atoms with E-state index in [4.69, 9.17) is 14.6 Å². The fourth-order valence-electron chi connectivity index (χ4n) is 2.63. The first-order valence-corrected chi connectivity index (χ1v) is 8.48. The number of carbonyl (C=O) groups excluding carboxylic acids is 1. The lowest BCUT2D eigenvalue weighted by Crippen LogP contribution is -2.29. The highest BCUT2D eigenvalue weighted by molar-refractivity contribution is 5.95. The SMILES string of the molecule is CCCOc1ccc(C(=O)N2CCC(C(=O)O)C2)cc1OCCC. The Kier molecular flexibility index (Phi) is 6.46. The molecule has 0 radical (unpaired) electrons. The monoisotopic (exact) mass is 335 g/mol. The number of amides is 1. The minimum Gasteiger partial charge on any atom is -0.490 e. The first kappa shape index (κ1) is 18.1. The van der Waals surface area contributed by atoms with Crippen LogP contribution in [-0.4, -0.2) is 48.2 Å². The zero-order valence-electron chi connectivity index (χ0n) is 14.3. The Morgan fingerprint density at radius 1 is 1.17 bits per heavy atom. The molecule has 1 saturated heterocycles. The Hall–Kier alpha value is -2.24. The normalized spacial score (nSPS) is 16.9. The number of ether oxygens (including phenoxy) is 2. The molecule has 1 aliphatic heterocycles. The van der Waals surface area contributed by atoms with Gasteiger partial charge in [-0.25, -0.2) is 0 Å². The van der Waals surface area contributed by atoms with Crippen molar-refractivity contribution in [1.82, 2.24) is 4.90 Å². The topological polar surface area (TPSA) is 76.1 Å². The van der Waals surface area contributed by atoms with E-state index >= 15 is 0 Å². The zero-order valence-corrected chi connectivity index (χ0v) is 14.3. The van der Waals surface area contributed by atoms with Crippen molar-refractivity contribution in [1.29, 1.82) is 0 Å². The van der Waals surface area contributed by atoms with Gasteiger partial charge in [-0.05, 0) is 37.5 Å². The summed E-state index contributed by atoms with van der Waals surface area (Å²) in [5.41, 5.74) is 0.496. The lowest BCUT2D eigenvalue weighted by atomic mass is 10.1. The van der Waals surface area contributed by atoms with Crippen LogP contribution in [-0.2, 0) is 4.79 Å². The Morgan fingerprint density at radius 2 is 1.83 bits per heavy atom. The molecule has 0 aromatic heterocycles. The molecule has 1 atom stereocenters. The van der Waals surface area contributed by atoms with Gasteiger partial charge in [0.25, 0.3) is 5.91 Å². The minimum absolute atomic E-state index is 0.165. The Bertz CT molecular complexity index is 587. The molecule has 1 aliphatic rings. The van der Waals surface area contributed by atoms with Gasteiger partial charge in [-0.15, -0.1) is 0 Å². The van der Waals surface area contributed by atoms with Crippen LogP contribution in [0.15, 0.2) is 18.2 Å². The molecule has 0 spiro atoms. The standard InChI is InChI=1S/C18H25NO5/c1-3-9-23-15-6-5-13(11-16(15)24-10-4-2)17(20)19-8-7-14(12-19)18(21)22/h5-6,11,14H,3-4,7-10,12H2,1-2H3,(H,21,22). The fourth-order valence-corrected chi connectivity index (χ4v) is 2.63. The molecule has 24 heavy (non-hydrogen) atoms. The molecule has 1 aromatic rings. The largest absolute Gasteiger partial charge is 0.490 e. The average molecular weight is 335 g/mol. The number of likely N-dealkylation sites (tertiary alicyclic amines) is 1. The number of hydrogen-bond donors (Lipinski definition) is 1. The van der Waals surface area contributed by atoms with Crippen molar-refractivity contribution < 1.29 is 24.2 Å². The molecule has 1 N–H and O–H groups in total. The van der Waals surface area contributed by atoms with Gasteiger partial charge in [-0.1, -0.05) is 13.8 Å². The Balaban J connectivity index is 2.14. The van der Waals surface area contributed by atoms with Crippen LogP contribution >= 0.6 is 0 Å².